The number of benzene rings is 1. The molecule has 2 aliphatic heterocycles. The van der Waals surface area contributed by atoms with E-state index >= 15 is 0 Å². The van der Waals surface area contributed by atoms with Crippen molar-refractivity contribution in [2.24, 2.45) is 0 Å². The number of methoxy groups -OCH3 is 1. The molecule has 0 radical (unpaired) electrons. The predicted octanol–water partition coefficient (Wildman–Crippen LogP) is 0.653. The number of anilines is 2. The molecule has 2 fully saturated rings. The molecule has 2 heterocycles. The molecule has 12 heteroatoms. The zero-order valence-corrected chi connectivity index (χ0v) is 17.2. The number of hydroxylamine groups is 2. The lowest BCUT2D eigenvalue weighted by atomic mass is 10.2. The first kappa shape index (κ1) is 22.7. The van der Waals surface area contributed by atoms with Crippen molar-refractivity contribution < 1.29 is 37.5 Å². The second kappa shape index (κ2) is 9.88. The first-order chi connectivity index (χ1) is 14.8. The molecule has 0 saturated carbocycles. The number of ether oxygens (including phenoxy) is 2. The van der Waals surface area contributed by atoms with E-state index in [-0.39, 0.29) is 63.2 Å². The maximum absolute atomic E-state index is 14.9. The maximum Gasteiger partial charge on any atom is 0.414 e. The van der Waals surface area contributed by atoms with Crippen LogP contribution < -0.4 is 15.1 Å². The summed E-state index contributed by atoms with van der Waals surface area (Å²) in [7, 11) is 1.26. The second-order valence-electron chi connectivity index (χ2n) is 7.07. The largest absolute Gasteiger partial charge is 0.468 e. The van der Waals surface area contributed by atoms with E-state index < -0.39 is 29.8 Å². The lowest BCUT2D eigenvalue weighted by Crippen LogP contribution is -2.34. The van der Waals surface area contributed by atoms with E-state index in [1.165, 1.54) is 24.0 Å². The molecule has 0 unspecified atom stereocenters. The van der Waals surface area contributed by atoms with Crippen molar-refractivity contribution >= 4 is 29.3 Å². The molecule has 1 atom stereocenters. The Balaban J connectivity index is 1.70. The average molecular weight is 442 g/mol. The number of carbonyl (C=O) groups is 3. The van der Waals surface area contributed by atoms with Gasteiger partial charge in [0.15, 0.2) is 11.6 Å². The smallest absolute Gasteiger partial charge is 0.414 e. The van der Waals surface area contributed by atoms with Gasteiger partial charge in [0, 0.05) is 38.7 Å². The minimum absolute atomic E-state index is 0.0208. The Labute approximate surface area is 177 Å². The van der Waals surface area contributed by atoms with Crippen LogP contribution in [0.15, 0.2) is 12.1 Å². The number of amides is 2. The Morgan fingerprint density at radius 2 is 1.94 bits per heavy atom. The Morgan fingerprint density at radius 1 is 1.23 bits per heavy atom. The zero-order chi connectivity index (χ0) is 22.5. The molecule has 0 spiro atoms. The van der Waals surface area contributed by atoms with E-state index in [1.807, 2.05) is 0 Å². The van der Waals surface area contributed by atoms with Crippen LogP contribution in [0.5, 0.6) is 0 Å². The van der Waals surface area contributed by atoms with Gasteiger partial charge in [-0.15, -0.1) is 0 Å². The SMILES string of the molecule is COC(=O)CN1CCN(c2c(F)cc(N3C[C@H](CNC(C)=O)OC3=O)cc2F)CCO1. The highest BCUT2D eigenvalue weighted by molar-refractivity contribution is 5.90. The lowest BCUT2D eigenvalue weighted by molar-refractivity contribution is -0.172. The van der Waals surface area contributed by atoms with Crippen LogP contribution in [0.4, 0.5) is 25.0 Å². The molecule has 0 aliphatic carbocycles. The number of hydrogen-bond donors (Lipinski definition) is 1. The van der Waals surface area contributed by atoms with E-state index in [9.17, 15) is 23.2 Å². The molecular formula is C19H24F2N4O6. The Kier molecular flexibility index (Phi) is 7.23. The van der Waals surface area contributed by atoms with Crippen LogP contribution in [0.1, 0.15) is 6.92 Å². The van der Waals surface area contributed by atoms with Gasteiger partial charge >= 0.3 is 12.1 Å². The minimum Gasteiger partial charge on any atom is -0.468 e. The number of esters is 1. The molecule has 170 valence electrons. The van der Waals surface area contributed by atoms with Gasteiger partial charge in [0.25, 0.3) is 0 Å². The second-order valence-corrected chi connectivity index (χ2v) is 7.07. The first-order valence-electron chi connectivity index (χ1n) is 9.69. The predicted molar refractivity (Wildman–Crippen MR) is 104 cm³/mol. The van der Waals surface area contributed by atoms with Gasteiger partial charge in [0.2, 0.25) is 5.91 Å². The molecule has 2 amide bonds. The monoisotopic (exact) mass is 442 g/mol. The van der Waals surface area contributed by atoms with Gasteiger partial charge < -0.3 is 19.7 Å². The van der Waals surface area contributed by atoms with E-state index in [0.717, 1.165) is 17.0 Å². The molecule has 2 aliphatic rings. The highest BCUT2D eigenvalue weighted by Gasteiger charge is 2.34. The number of cyclic esters (lactones) is 1. The molecule has 1 aromatic carbocycles. The quantitative estimate of drug-likeness (QED) is 0.642. The van der Waals surface area contributed by atoms with E-state index in [0.29, 0.717) is 0 Å². The van der Waals surface area contributed by atoms with Crippen LogP contribution >= 0.6 is 0 Å². The molecule has 3 rings (SSSR count). The van der Waals surface area contributed by atoms with Crippen molar-refractivity contribution in [1.29, 1.82) is 0 Å². The lowest BCUT2D eigenvalue weighted by Gasteiger charge is -2.24. The van der Waals surface area contributed by atoms with Crippen molar-refractivity contribution in [3.63, 3.8) is 0 Å². The third-order valence-corrected chi connectivity index (χ3v) is 4.87. The van der Waals surface area contributed by atoms with Crippen LogP contribution in [0, 0.1) is 11.6 Å². The number of nitrogens with zero attached hydrogens (tertiary/aromatic N) is 3. The Hall–Kier alpha value is -2.99. The standard InChI is InChI=1S/C19H24F2N4O6/c1-12(26)22-9-14-10-25(19(28)31-14)13-7-15(20)18(16(21)8-13)23-3-4-24(30-6-5-23)11-17(27)29-2/h7-8,14H,3-6,9-11H2,1-2H3,(H,22,26)/t14-/m0/s1. The normalized spacial score (nSPS) is 19.7. The van der Waals surface area contributed by atoms with Gasteiger partial charge in [-0.25, -0.2) is 13.6 Å². The third-order valence-electron chi connectivity index (χ3n) is 4.87. The van der Waals surface area contributed by atoms with Crippen molar-refractivity contribution in [3.05, 3.63) is 23.8 Å². The summed E-state index contributed by atoms with van der Waals surface area (Å²) in [5.41, 5.74) is -0.220. The summed E-state index contributed by atoms with van der Waals surface area (Å²) in [5.74, 6) is -2.43. The summed E-state index contributed by atoms with van der Waals surface area (Å²) in [6, 6.07) is 2.14. The molecule has 0 bridgehead atoms. The molecule has 2 saturated heterocycles. The molecular weight excluding hydrogens is 418 g/mol. The number of hydrogen-bond acceptors (Lipinski definition) is 8. The highest BCUT2D eigenvalue weighted by Crippen LogP contribution is 2.31. The van der Waals surface area contributed by atoms with Gasteiger partial charge in [-0.1, -0.05) is 0 Å². The minimum atomic E-state index is -0.838. The van der Waals surface area contributed by atoms with Crippen LogP contribution in [0.2, 0.25) is 0 Å². The Morgan fingerprint density at radius 3 is 2.58 bits per heavy atom. The fraction of sp³-hybridized carbons (Fsp3) is 0.526. The fourth-order valence-corrected chi connectivity index (χ4v) is 3.35. The highest BCUT2D eigenvalue weighted by atomic mass is 19.1. The van der Waals surface area contributed by atoms with E-state index in [2.05, 4.69) is 10.1 Å². The van der Waals surface area contributed by atoms with Crippen molar-refractivity contribution in [3.8, 4) is 0 Å². The first-order valence-corrected chi connectivity index (χ1v) is 9.69. The number of halogens is 2. The fourth-order valence-electron chi connectivity index (χ4n) is 3.35. The summed E-state index contributed by atoms with van der Waals surface area (Å²) < 4.78 is 39.5. The topological polar surface area (TPSA) is 101 Å². The van der Waals surface area contributed by atoms with Crippen molar-refractivity contribution in [2.45, 2.75) is 13.0 Å². The molecule has 31 heavy (non-hydrogen) atoms. The maximum atomic E-state index is 14.9. The van der Waals surface area contributed by atoms with Crippen LogP contribution in [-0.4, -0.2) is 82.1 Å². The van der Waals surface area contributed by atoms with Gasteiger partial charge in [0.05, 0.1) is 32.5 Å². The number of carbonyl (C=O) groups excluding carboxylic acids is 3. The number of rotatable bonds is 6. The van der Waals surface area contributed by atoms with Crippen molar-refractivity contribution in [1.82, 2.24) is 10.4 Å². The average Bonchev–Trinajstić information content (AvgIpc) is 2.94. The van der Waals surface area contributed by atoms with Gasteiger partial charge in [0.1, 0.15) is 18.3 Å². The third kappa shape index (κ3) is 5.58. The summed E-state index contributed by atoms with van der Waals surface area (Å²) >= 11 is 0. The molecule has 10 nitrogen and oxygen atoms in total. The van der Waals surface area contributed by atoms with Gasteiger partial charge in [-0.05, 0) is 0 Å². The van der Waals surface area contributed by atoms with Crippen molar-refractivity contribution in [2.75, 3.05) is 62.8 Å². The summed E-state index contributed by atoms with van der Waals surface area (Å²) in [6.45, 7) is 2.18. The van der Waals surface area contributed by atoms with E-state index in [4.69, 9.17) is 9.57 Å². The van der Waals surface area contributed by atoms with Crippen LogP contribution in [0.3, 0.4) is 0 Å². The molecule has 1 aromatic rings. The molecule has 1 N–H and O–H groups in total. The summed E-state index contributed by atoms with van der Waals surface area (Å²) in [4.78, 5) is 42.5. The molecule has 0 aromatic heterocycles. The number of nitrogens with one attached hydrogen (secondary N) is 1. The zero-order valence-electron chi connectivity index (χ0n) is 17.2. The summed E-state index contributed by atoms with van der Waals surface area (Å²) in [6.07, 6.45) is -1.37. The van der Waals surface area contributed by atoms with E-state index in [1.54, 1.807) is 0 Å². The van der Waals surface area contributed by atoms with Gasteiger partial charge in [-0.2, -0.15) is 5.06 Å². The Bertz CT molecular complexity index is 832. The summed E-state index contributed by atoms with van der Waals surface area (Å²) in [5, 5.41) is 3.92. The van der Waals surface area contributed by atoms with Crippen LogP contribution in [0.25, 0.3) is 0 Å². The van der Waals surface area contributed by atoms with Gasteiger partial charge in [-0.3, -0.25) is 19.3 Å². The van der Waals surface area contributed by atoms with Crippen LogP contribution in [-0.2, 0) is 23.9 Å².